The molecule has 2 atom stereocenters. The summed E-state index contributed by atoms with van der Waals surface area (Å²) in [5.41, 5.74) is 2.60. The predicted molar refractivity (Wildman–Crippen MR) is 108 cm³/mol. The van der Waals surface area contributed by atoms with Gasteiger partial charge in [-0.1, -0.05) is 25.1 Å². The van der Waals surface area contributed by atoms with Crippen LogP contribution in [0.15, 0.2) is 53.4 Å². The molecule has 0 fully saturated rings. The second-order valence-corrected chi connectivity index (χ2v) is 8.86. The van der Waals surface area contributed by atoms with Crippen LogP contribution in [0.3, 0.4) is 0 Å². The van der Waals surface area contributed by atoms with Crippen LogP contribution in [-0.4, -0.2) is 26.4 Å². The number of nitrogens with one attached hydrogen (secondary N) is 1. The maximum absolute atomic E-state index is 13.1. The van der Waals surface area contributed by atoms with Crippen LogP contribution in [0.25, 0.3) is 0 Å². The number of sulfonamides is 1. The molecule has 144 valence electrons. The summed E-state index contributed by atoms with van der Waals surface area (Å²) in [7, 11) is -3.57. The molecule has 1 N–H and O–H groups in total. The molecule has 27 heavy (non-hydrogen) atoms. The first-order valence-corrected chi connectivity index (χ1v) is 10.9. The summed E-state index contributed by atoms with van der Waals surface area (Å²) < 4.78 is 27.4. The van der Waals surface area contributed by atoms with Gasteiger partial charge in [0.2, 0.25) is 10.0 Å². The lowest BCUT2D eigenvalue weighted by molar-refractivity contribution is 0.0975. The Morgan fingerprint density at radius 1 is 1.19 bits per heavy atom. The smallest absolute Gasteiger partial charge is 0.258 e. The number of carbonyl (C=O) groups is 1. The molecule has 2 aromatic carbocycles. The largest absolute Gasteiger partial charge is 0.305 e. The third-order valence-electron chi connectivity index (χ3n) is 5.12. The van der Waals surface area contributed by atoms with Crippen molar-refractivity contribution in [2.75, 3.05) is 4.90 Å². The minimum atomic E-state index is -3.57. The van der Waals surface area contributed by atoms with E-state index in [1.165, 1.54) is 17.7 Å². The van der Waals surface area contributed by atoms with Gasteiger partial charge in [0, 0.05) is 23.3 Å². The van der Waals surface area contributed by atoms with E-state index in [1.807, 2.05) is 43.9 Å². The average Bonchev–Trinajstić information content (AvgIpc) is 2.67. The second-order valence-electron chi connectivity index (χ2n) is 7.15. The molecule has 0 saturated carbocycles. The van der Waals surface area contributed by atoms with Gasteiger partial charge in [-0.2, -0.15) is 0 Å². The number of carbonyl (C=O) groups excluding carboxylic acids is 1. The van der Waals surface area contributed by atoms with Crippen molar-refractivity contribution in [1.29, 1.82) is 0 Å². The van der Waals surface area contributed by atoms with E-state index in [9.17, 15) is 13.2 Å². The summed E-state index contributed by atoms with van der Waals surface area (Å²) in [5, 5.41) is 0. The third kappa shape index (κ3) is 4.06. The van der Waals surface area contributed by atoms with E-state index >= 15 is 0 Å². The minimum Gasteiger partial charge on any atom is -0.305 e. The standard InChI is InChI=1S/C21H26N2O3S/c1-4-15(2)22-27(25,26)19-13-11-18(12-14-19)21(24)23-16(3)9-10-17-7-5-6-8-20(17)23/h5-8,11-16,22H,4,9-10H2,1-3H3. The van der Waals surface area contributed by atoms with Gasteiger partial charge in [0.25, 0.3) is 5.91 Å². The Balaban J connectivity index is 1.87. The highest BCUT2D eigenvalue weighted by atomic mass is 32.2. The molecule has 0 spiro atoms. The lowest BCUT2D eigenvalue weighted by Crippen LogP contribution is -2.42. The summed E-state index contributed by atoms with van der Waals surface area (Å²) in [6, 6.07) is 14.1. The van der Waals surface area contributed by atoms with Crippen LogP contribution in [0.4, 0.5) is 5.69 Å². The zero-order chi connectivity index (χ0) is 19.6. The number of para-hydroxylation sites is 1. The van der Waals surface area contributed by atoms with Gasteiger partial charge in [0.05, 0.1) is 4.90 Å². The number of fused-ring (bicyclic) bond motifs is 1. The van der Waals surface area contributed by atoms with E-state index in [0.29, 0.717) is 12.0 Å². The number of hydrogen-bond donors (Lipinski definition) is 1. The number of rotatable bonds is 5. The van der Waals surface area contributed by atoms with Crippen LogP contribution in [0.5, 0.6) is 0 Å². The van der Waals surface area contributed by atoms with Crippen molar-refractivity contribution in [2.45, 2.75) is 57.0 Å². The summed E-state index contributed by atoms with van der Waals surface area (Å²) in [6.07, 6.45) is 2.58. The molecular formula is C21H26N2O3S. The summed E-state index contributed by atoms with van der Waals surface area (Å²) in [5.74, 6) is -0.103. The molecule has 0 bridgehead atoms. The zero-order valence-electron chi connectivity index (χ0n) is 16.0. The van der Waals surface area contributed by atoms with E-state index in [-0.39, 0.29) is 22.9 Å². The molecule has 1 aliphatic heterocycles. The molecule has 0 aromatic heterocycles. The first-order valence-electron chi connectivity index (χ1n) is 9.37. The Labute approximate surface area is 161 Å². The molecule has 0 saturated heterocycles. The molecular weight excluding hydrogens is 360 g/mol. The van der Waals surface area contributed by atoms with Gasteiger partial charge in [-0.25, -0.2) is 13.1 Å². The van der Waals surface area contributed by atoms with Crippen LogP contribution in [0.2, 0.25) is 0 Å². The third-order valence-corrected chi connectivity index (χ3v) is 6.73. The Morgan fingerprint density at radius 3 is 2.52 bits per heavy atom. The molecule has 6 heteroatoms. The van der Waals surface area contributed by atoms with Gasteiger partial charge in [0.15, 0.2) is 0 Å². The zero-order valence-corrected chi connectivity index (χ0v) is 16.8. The van der Waals surface area contributed by atoms with Crippen molar-refractivity contribution in [3.05, 3.63) is 59.7 Å². The van der Waals surface area contributed by atoms with Crippen molar-refractivity contribution in [3.63, 3.8) is 0 Å². The average molecular weight is 387 g/mol. The molecule has 0 radical (unpaired) electrons. The molecule has 1 amide bonds. The highest BCUT2D eigenvalue weighted by molar-refractivity contribution is 7.89. The number of benzene rings is 2. The molecule has 0 aliphatic carbocycles. The number of aryl methyl sites for hydroxylation is 1. The van der Waals surface area contributed by atoms with Crippen LogP contribution in [-0.2, 0) is 16.4 Å². The Bertz CT molecular complexity index is 923. The SMILES string of the molecule is CCC(C)NS(=O)(=O)c1ccc(C(=O)N2c3ccccc3CCC2C)cc1. The maximum Gasteiger partial charge on any atom is 0.258 e. The van der Waals surface area contributed by atoms with Crippen molar-refractivity contribution in [2.24, 2.45) is 0 Å². The van der Waals surface area contributed by atoms with Gasteiger partial charge in [0.1, 0.15) is 0 Å². The summed E-state index contributed by atoms with van der Waals surface area (Å²) in [4.78, 5) is 15.1. The topological polar surface area (TPSA) is 66.5 Å². The van der Waals surface area contributed by atoms with Gasteiger partial charge in [-0.15, -0.1) is 0 Å². The monoisotopic (exact) mass is 386 g/mol. The first-order chi connectivity index (χ1) is 12.8. The predicted octanol–water partition coefficient (Wildman–Crippen LogP) is 3.74. The molecule has 2 unspecified atom stereocenters. The van der Waals surface area contributed by atoms with Crippen molar-refractivity contribution in [1.82, 2.24) is 4.72 Å². The van der Waals surface area contributed by atoms with Gasteiger partial charge in [-0.05, 0) is 69.0 Å². The Morgan fingerprint density at radius 2 is 1.85 bits per heavy atom. The van der Waals surface area contributed by atoms with Crippen molar-refractivity contribution < 1.29 is 13.2 Å². The van der Waals surface area contributed by atoms with Crippen LogP contribution in [0.1, 0.15) is 49.5 Å². The van der Waals surface area contributed by atoms with Crippen LogP contribution in [0, 0.1) is 0 Å². The Kier molecular flexibility index (Phi) is 5.67. The number of amides is 1. The van der Waals surface area contributed by atoms with Crippen LogP contribution >= 0.6 is 0 Å². The van der Waals surface area contributed by atoms with Gasteiger partial charge < -0.3 is 4.90 Å². The molecule has 5 nitrogen and oxygen atoms in total. The highest BCUT2D eigenvalue weighted by Crippen LogP contribution is 2.31. The first kappa shape index (κ1) is 19.6. The normalized spacial score (nSPS) is 18.0. The quantitative estimate of drug-likeness (QED) is 0.851. The minimum absolute atomic E-state index is 0.0999. The van der Waals surface area contributed by atoms with Gasteiger partial charge >= 0.3 is 0 Å². The summed E-state index contributed by atoms with van der Waals surface area (Å²) >= 11 is 0. The fourth-order valence-corrected chi connectivity index (χ4v) is 4.66. The lowest BCUT2D eigenvalue weighted by Gasteiger charge is -2.35. The fraction of sp³-hybridized carbons (Fsp3) is 0.381. The van der Waals surface area contributed by atoms with E-state index in [0.717, 1.165) is 18.5 Å². The Hall–Kier alpha value is -2.18. The van der Waals surface area contributed by atoms with Crippen molar-refractivity contribution >= 4 is 21.6 Å². The van der Waals surface area contributed by atoms with E-state index in [4.69, 9.17) is 0 Å². The van der Waals surface area contributed by atoms with E-state index in [1.54, 1.807) is 12.1 Å². The number of nitrogens with zero attached hydrogens (tertiary/aromatic N) is 1. The van der Waals surface area contributed by atoms with E-state index in [2.05, 4.69) is 10.8 Å². The molecule has 2 aromatic rings. The molecule has 1 aliphatic rings. The van der Waals surface area contributed by atoms with E-state index < -0.39 is 10.0 Å². The fourth-order valence-electron chi connectivity index (χ4n) is 3.33. The lowest BCUT2D eigenvalue weighted by atomic mass is 9.96. The molecule has 1 heterocycles. The van der Waals surface area contributed by atoms with Crippen molar-refractivity contribution in [3.8, 4) is 0 Å². The highest BCUT2D eigenvalue weighted by Gasteiger charge is 2.29. The number of hydrogen-bond acceptors (Lipinski definition) is 3. The van der Waals surface area contributed by atoms with Gasteiger partial charge in [-0.3, -0.25) is 4.79 Å². The maximum atomic E-state index is 13.1. The van der Waals surface area contributed by atoms with Crippen LogP contribution < -0.4 is 9.62 Å². The number of anilines is 1. The summed E-state index contributed by atoms with van der Waals surface area (Å²) in [6.45, 7) is 5.79. The second kappa shape index (κ2) is 7.82. The molecule has 3 rings (SSSR count).